The van der Waals surface area contributed by atoms with Gasteiger partial charge in [0.15, 0.2) is 0 Å². The molecule has 104 valence electrons. The Morgan fingerprint density at radius 3 is 2.53 bits per heavy atom. The lowest BCUT2D eigenvalue weighted by Gasteiger charge is -2.25. The fourth-order valence-corrected chi connectivity index (χ4v) is 1.96. The number of aromatic carboxylic acids is 1. The van der Waals surface area contributed by atoms with E-state index in [1.165, 1.54) is 12.1 Å². The van der Waals surface area contributed by atoms with Gasteiger partial charge in [0.05, 0.1) is 11.0 Å². The number of benzene rings is 1. The molecule has 1 atom stereocenters. The van der Waals surface area contributed by atoms with Crippen LogP contribution in [0.3, 0.4) is 0 Å². The number of nitrogens with one attached hydrogen (secondary N) is 1. The Morgan fingerprint density at radius 2 is 2.05 bits per heavy atom. The number of carbonyl (C=O) groups excluding carboxylic acids is 1. The molecule has 0 aliphatic carbocycles. The van der Waals surface area contributed by atoms with Crippen LogP contribution >= 0.6 is 15.9 Å². The summed E-state index contributed by atoms with van der Waals surface area (Å²) in [7, 11) is 0. The van der Waals surface area contributed by atoms with Gasteiger partial charge in [0.2, 0.25) is 5.91 Å². The van der Waals surface area contributed by atoms with Crippen molar-refractivity contribution in [1.29, 1.82) is 0 Å². The van der Waals surface area contributed by atoms with Gasteiger partial charge in [-0.1, -0.05) is 22.9 Å². The van der Waals surface area contributed by atoms with E-state index in [-0.39, 0.29) is 18.0 Å². The maximum Gasteiger partial charge on any atom is 0.335 e. The fourth-order valence-electron chi connectivity index (χ4n) is 1.46. The molecule has 0 saturated heterocycles. The third kappa shape index (κ3) is 3.78. The van der Waals surface area contributed by atoms with Gasteiger partial charge < -0.3 is 16.2 Å². The van der Waals surface area contributed by atoms with Gasteiger partial charge in [-0.2, -0.15) is 0 Å². The first-order chi connectivity index (χ1) is 8.82. The first-order valence-electron chi connectivity index (χ1n) is 5.88. The molecule has 0 bridgehead atoms. The van der Waals surface area contributed by atoms with E-state index in [0.717, 1.165) is 0 Å². The van der Waals surface area contributed by atoms with E-state index >= 15 is 0 Å². The molecule has 0 saturated carbocycles. The third-order valence-corrected chi connectivity index (χ3v) is 3.64. The van der Waals surface area contributed by atoms with E-state index in [0.29, 0.717) is 16.6 Å². The molecule has 0 aromatic heterocycles. The van der Waals surface area contributed by atoms with Crippen molar-refractivity contribution in [2.75, 3.05) is 11.9 Å². The van der Waals surface area contributed by atoms with Gasteiger partial charge in [-0.05, 0) is 31.5 Å². The Labute approximate surface area is 120 Å². The van der Waals surface area contributed by atoms with Crippen LogP contribution in [0.5, 0.6) is 0 Å². The van der Waals surface area contributed by atoms with Crippen LogP contribution in [0.4, 0.5) is 5.69 Å². The molecule has 0 heterocycles. The van der Waals surface area contributed by atoms with Crippen molar-refractivity contribution in [3.05, 3.63) is 28.2 Å². The van der Waals surface area contributed by atoms with Gasteiger partial charge in [-0.3, -0.25) is 4.79 Å². The van der Waals surface area contributed by atoms with E-state index in [1.54, 1.807) is 13.0 Å². The molecule has 1 aromatic rings. The first-order valence-corrected chi connectivity index (χ1v) is 6.67. The predicted octanol–water partition coefficient (Wildman–Crippen LogP) is 2.46. The molecule has 6 heteroatoms. The Kier molecular flexibility index (Phi) is 5.08. The number of carbonyl (C=O) groups is 2. The van der Waals surface area contributed by atoms with Gasteiger partial charge in [0.1, 0.15) is 0 Å². The number of hydrogen-bond acceptors (Lipinski definition) is 3. The minimum atomic E-state index is -1.05. The molecule has 5 nitrogen and oxygen atoms in total. The van der Waals surface area contributed by atoms with Crippen molar-refractivity contribution >= 4 is 33.5 Å². The number of anilines is 1. The van der Waals surface area contributed by atoms with Crippen molar-refractivity contribution in [2.45, 2.75) is 20.3 Å². The maximum atomic E-state index is 12.1. The number of rotatable bonds is 5. The van der Waals surface area contributed by atoms with Crippen molar-refractivity contribution in [3.63, 3.8) is 0 Å². The average Bonchev–Trinajstić information content (AvgIpc) is 2.36. The Bertz CT molecular complexity index is 499. The third-order valence-electron chi connectivity index (χ3n) is 3.18. The summed E-state index contributed by atoms with van der Waals surface area (Å²) in [5.74, 6) is -1.26. The minimum absolute atomic E-state index is 0.107. The van der Waals surface area contributed by atoms with Crippen LogP contribution in [0.1, 0.15) is 30.6 Å². The molecule has 1 aromatic carbocycles. The molecule has 4 N–H and O–H groups in total. The molecule has 1 amide bonds. The van der Waals surface area contributed by atoms with Crippen LogP contribution in [0.15, 0.2) is 22.7 Å². The molecule has 0 aliphatic rings. The summed E-state index contributed by atoms with van der Waals surface area (Å²) in [5.41, 5.74) is 5.50. The van der Waals surface area contributed by atoms with Gasteiger partial charge >= 0.3 is 5.97 Å². The van der Waals surface area contributed by atoms with E-state index < -0.39 is 11.4 Å². The molecular formula is C13H17BrN2O3. The predicted molar refractivity (Wildman–Crippen MR) is 77.2 cm³/mol. The maximum absolute atomic E-state index is 12.1. The van der Waals surface area contributed by atoms with E-state index in [4.69, 9.17) is 10.8 Å². The Balaban J connectivity index is 3.00. The van der Waals surface area contributed by atoms with Crippen molar-refractivity contribution in [2.24, 2.45) is 11.1 Å². The highest BCUT2D eigenvalue weighted by Crippen LogP contribution is 2.24. The number of carboxylic acid groups (broad SMARTS) is 1. The summed E-state index contributed by atoms with van der Waals surface area (Å²) >= 11 is 3.22. The highest BCUT2D eigenvalue weighted by molar-refractivity contribution is 9.10. The van der Waals surface area contributed by atoms with Crippen LogP contribution < -0.4 is 11.1 Å². The SMILES string of the molecule is CCC(C)(CN)C(=O)Nc1cc(Br)cc(C(=O)O)c1. The van der Waals surface area contributed by atoms with Crippen molar-refractivity contribution < 1.29 is 14.7 Å². The molecule has 1 unspecified atom stereocenters. The highest BCUT2D eigenvalue weighted by Gasteiger charge is 2.29. The lowest BCUT2D eigenvalue weighted by atomic mass is 9.86. The summed E-state index contributed by atoms with van der Waals surface area (Å²) in [5, 5.41) is 11.7. The van der Waals surface area contributed by atoms with Crippen LogP contribution in [-0.4, -0.2) is 23.5 Å². The smallest absolute Gasteiger partial charge is 0.335 e. The normalized spacial score (nSPS) is 13.7. The summed E-state index contributed by atoms with van der Waals surface area (Å²) in [6.07, 6.45) is 0.606. The van der Waals surface area contributed by atoms with Crippen LogP contribution in [0.25, 0.3) is 0 Å². The zero-order valence-electron chi connectivity index (χ0n) is 10.9. The monoisotopic (exact) mass is 328 g/mol. The first kappa shape index (κ1) is 15.7. The number of carboxylic acids is 1. The topological polar surface area (TPSA) is 92.4 Å². The quantitative estimate of drug-likeness (QED) is 0.774. The summed E-state index contributed by atoms with van der Waals surface area (Å²) < 4.78 is 0.591. The van der Waals surface area contributed by atoms with E-state index in [2.05, 4.69) is 21.2 Å². The molecule has 0 fully saturated rings. The van der Waals surface area contributed by atoms with E-state index in [9.17, 15) is 9.59 Å². The second-order valence-electron chi connectivity index (χ2n) is 4.61. The standard InChI is InChI=1S/C13H17BrN2O3/c1-3-13(2,7-15)12(19)16-10-5-8(11(17)18)4-9(14)6-10/h4-6H,3,7,15H2,1-2H3,(H,16,19)(H,17,18). The van der Waals surface area contributed by atoms with Crippen LogP contribution in [0.2, 0.25) is 0 Å². The molecular weight excluding hydrogens is 312 g/mol. The largest absolute Gasteiger partial charge is 0.478 e. The van der Waals surface area contributed by atoms with Crippen molar-refractivity contribution in [3.8, 4) is 0 Å². The van der Waals surface area contributed by atoms with E-state index in [1.807, 2.05) is 6.92 Å². The number of amides is 1. The number of halogens is 1. The van der Waals surface area contributed by atoms with Gasteiger partial charge in [-0.25, -0.2) is 4.79 Å². The molecule has 0 spiro atoms. The second-order valence-corrected chi connectivity index (χ2v) is 5.52. The summed E-state index contributed by atoms with van der Waals surface area (Å²) in [4.78, 5) is 23.1. The molecule has 0 radical (unpaired) electrons. The minimum Gasteiger partial charge on any atom is -0.478 e. The Hall–Kier alpha value is -1.40. The van der Waals surface area contributed by atoms with Gasteiger partial charge in [0.25, 0.3) is 0 Å². The lowest BCUT2D eigenvalue weighted by Crippen LogP contribution is -2.39. The molecule has 1 rings (SSSR count). The van der Waals surface area contributed by atoms with Crippen LogP contribution in [-0.2, 0) is 4.79 Å². The molecule has 19 heavy (non-hydrogen) atoms. The second kappa shape index (κ2) is 6.16. The Morgan fingerprint density at radius 1 is 1.42 bits per heavy atom. The van der Waals surface area contributed by atoms with Gasteiger partial charge in [0, 0.05) is 16.7 Å². The average molecular weight is 329 g/mol. The summed E-state index contributed by atoms with van der Waals surface area (Å²) in [6.45, 7) is 3.89. The lowest BCUT2D eigenvalue weighted by molar-refractivity contribution is -0.124. The van der Waals surface area contributed by atoms with Crippen LogP contribution in [0, 0.1) is 5.41 Å². The highest BCUT2D eigenvalue weighted by atomic mass is 79.9. The van der Waals surface area contributed by atoms with Crippen molar-refractivity contribution in [1.82, 2.24) is 0 Å². The summed E-state index contributed by atoms with van der Waals surface area (Å²) in [6, 6.07) is 4.54. The molecule has 0 aliphatic heterocycles. The number of nitrogens with two attached hydrogens (primary N) is 1. The zero-order valence-corrected chi connectivity index (χ0v) is 12.5. The zero-order chi connectivity index (χ0) is 14.6. The fraction of sp³-hybridized carbons (Fsp3) is 0.385. The number of hydrogen-bond donors (Lipinski definition) is 3. The van der Waals surface area contributed by atoms with Gasteiger partial charge in [-0.15, -0.1) is 0 Å².